The van der Waals surface area contributed by atoms with Gasteiger partial charge in [-0.2, -0.15) is 5.10 Å². The van der Waals surface area contributed by atoms with Crippen molar-refractivity contribution in [3.63, 3.8) is 0 Å². The third-order valence-corrected chi connectivity index (χ3v) is 5.34. The number of para-hydroxylation sites is 2. The van der Waals surface area contributed by atoms with Gasteiger partial charge in [0.05, 0.1) is 17.1 Å². The number of amides is 1. The Balaban J connectivity index is 1.57. The molecule has 1 heterocycles. The van der Waals surface area contributed by atoms with E-state index in [1.165, 1.54) is 6.21 Å². The Kier molecular flexibility index (Phi) is 6.50. The number of nitrogens with zero attached hydrogens (tertiary/aromatic N) is 2. The molecule has 0 saturated heterocycles. The van der Waals surface area contributed by atoms with Crippen molar-refractivity contribution < 1.29 is 9.53 Å². The van der Waals surface area contributed by atoms with Gasteiger partial charge in [-0.05, 0) is 48.9 Å². The number of aromatic amines is 1. The van der Waals surface area contributed by atoms with Crippen molar-refractivity contribution in [3.8, 4) is 5.75 Å². The summed E-state index contributed by atoms with van der Waals surface area (Å²) in [5.41, 5.74) is 1.36. The van der Waals surface area contributed by atoms with Crippen LogP contribution in [0.3, 0.4) is 0 Å². The van der Waals surface area contributed by atoms with Crippen LogP contribution in [0, 0.1) is 6.92 Å². The number of ether oxygens (including phenoxy) is 1. The Morgan fingerprint density at radius 2 is 1.88 bits per heavy atom. The zero-order valence-electron chi connectivity index (χ0n) is 17.5. The smallest absolute Gasteiger partial charge is 0.349 e. The first kappa shape index (κ1) is 22.2. The van der Waals surface area contributed by atoms with E-state index in [9.17, 15) is 14.4 Å². The summed E-state index contributed by atoms with van der Waals surface area (Å²) >= 11 is 3.38. The minimum atomic E-state index is -0.662. The van der Waals surface area contributed by atoms with Gasteiger partial charge in [0.2, 0.25) is 0 Å². The Bertz CT molecular complexity index is 1490. The van der Waals surface area contributed by atoms with Crippen LogP contribution in [0.4, 0.5) is 5.69 Å². The van der Waals surface area contributed by atoms with E-state index in [2.05, 4.69) is 31.3 Å². The lowest BCUT2D eigenvalue weighted by Gasteiger charge is -2.11. The molecular formula is C24H19BrN4O4. The van der Waals surface area contributed by atoms with Crippen molar-refractivity contribution in [2.24, 2.45) is 5.10 Å². The molecule has 0 aliphatic carbocycles. The van der Waals surface area contributed by atoms with Crippen LogP contribution in [0.1, 0.15) is 11.1 Å². The number of halogens is 1. The molecule has 4 aromatic rings. The monoisotopic (exact) mass is 506 g/mol. The summed E-state index contributed by atoms with van der Waals surface area (Å²) in [6.45, 7) is 1.67. The zero-order chi connectivity index (χ0) is 23.4. The minimum absolute atomic E-state index is 0.229. The molecule has 0 fully saturated rings. The second-order valence-electron chi connectivity index (χ2n) is 7.17. The maximum Gasteiger partial charge on any atom is 0.349 e. The van der Waals surface area contributed by atoms with Crippen molar-refractivity contribution in [1.29, 1.82) is 0 Å². The number of carbonyl (C=O) groups is 1. The van der Waals surface area contributed by atoms with Gasteiger partial charge in [0.1, 0.15) is 5.75 Å². The Hall–Kier alpha value is -3.98. The molecule has 8 nitrogen and oxygen atoms in total. The first-order valence-electron chi connectivity index (χ1n) is 9.98. The Labute approximate surface area is 196 Å². The van der Waals surface area contributed by atoms with Crippen LogP contribution in [0.2, 0.25) is 0 Å². The number of aromatic nitrogens is 2. The van der Waals surface area contributed by atoms with Crippen molar-refractivity contribution in [3.05, 3.63) is 103 Å². The number of H-pyrrole nitrogens is 1. The summed E-state index contributed by atoms with van der Waals surface area (Å²) < 4.78 is 7.17. The van der Waals surface area contributed by atoms with Crippen LogP contribution in [0.15, 0.2) is 85.9 Å². The van der Waals surface area contributed by atoms with Crippen LogP contribution < -0.4 is 21.3 Å². The molecule has 33 heavy (non-hydrogen) atoms. The fourth-order valence-corrected chi connectivity index (χ4v) is 3.55. The fourth-order valence-electron chi connectivity index (χ4n) is 3.17. The summed E-state index contributed by atoms with van der Waals surface area (Å²) in [6, 6.07) is 19.3. The molecule has 1 aromatic heterocycles. The van der Waals surface area contributed by atoms with Crippen LogP contribution >= 0.6 is 15.9 Å². The van der Waals surface area contributed by atoms with Gasteiger partial charge in [-0.3, -0.25) is 9.59 Å². The highest BCUT2D eigenvalue weighted by atomic mass is 79.9. The lowest BCUT2D eigenvalue weighted by atomic mass is 10.2. The molecule has 0 unspecified atom stereocenters. The molecule has 166 valence electrons. The van der Waals surface area contributed by atoms with E-state index in [1.54, 1.807) is 42.5 Å². The molecule has 2 N–H and O–H groups in total. The van der Waals surface area contributed by atoms with E-state index in [1.807, 2.05) is 31.2 Å². The fraction of sp³-hybridized carbons (Fsp3) is 0.0833. The molecule has 1 amide bonds. The molecular weight excluding hydrogens is 488 g/mol. The number of carbonyl (C=O) groups excluding carboxylic acids is 1. The van der Waals surface area contributed by atoms with Gasteiger partial charge in [0, 0.05) is 15.7 Å². The molecule has 4 rings (SSSR count). The van der Waals surface area contributed by atoms with Crippen molar-refractivity contribution in [2.45, 2.75) is 6.92 Å². The van der Waals surface area contributed by atoms with Gasteiger partial charge in [-0.1, -0.05) is 46.3 Å². The van der Waals surface area contributed by atoms with Crippen LogP contribution in [-0.4, -0.2) is 28.4 Å². The van der Waals surface area contributed by atoms with Gasteiger partial charge in [0.15, 0.2) is 6.61 Å². The predicted molar refractivity (Wildman–Crippen MR) is 131 cm³/mol. The number of benzene rings is 3. The number of fused-ring (bicyclic) bond motifs is 1. The summed E-state index contributed by atoms with van der Waals surface area (Å²) in [6.07, 6.45) is 1.34. The summed E-state index contributed by atoms with van der Waals surface area (Å²) in [5, 5.41) is 7.21. The number of aryl methyl sites for hydroxylation is 1. The standard InChI is InChI=1S/C24H19BrN4O4/c1-15-6-2-4-8-19(15)27-22(30)14-33-21-11-10-17(25)12-16(21)13-26-29-23(31)18-7-3-5-9-20(18)28-24(29)32/h2-13H,14H2,1H3,(H,27,30)(H,28,32). The van der Waals surface area contributed by atoms with E-state index in [0.29, 0.717) is 27.9 Å². The topological polar surface area (TPSA) is 106 Å². The van der Waals surface area contributed by atoms with Crippen molar-refractivity contribution in [1.82, 2.24) is 9.66 Å². The van der Waals surface area contributed by atoms with Gasteiger partial charge < -0.3 is 15.0 Å². The zero-order valence-corrected chi connectivity index (χ0v) is 19.1. The van der Waals surface area contributed by atoms with Gasteiger partial charge in [0.25, 0.3) is 11.5 Å². The number of anilines is 1. The highest BCUT2D eigenvalue weighted by Gasteiger charge is 2.10. The molecule has 0 aliphatic heterocycles. The average Bonchev–Trinajstić information content (AvgIpc) is 2.80. The molecule has 9 heteroatoms. The largest absolute Gasteiger partial charge is 0.483 e. The van der Waals surface area contributed by atoms with E-state index in [4.69, 9.17) is 4.74 Å². The van der Waals surface area contributed by atoms with E-state index >= 15 is 0 Å². The maximum absolute atomic E-state index is 12.7. The van der Waals surface area contributed by atoms with Crippen LogP contribution in [0.25, 0.3) is 10.9 Å². The van der Waals surface area contributed by atoms with Crippen LogP contribution in [0.5, 0.6) is 5.75 Å². The molecule has 0 aliphatic rings. The van der Waals surface area contributed by atoms with Crippen molar-refractivity contribution in [2.75, 3.05) is 11.9 Å². The van der Waals surface area contributed by atoms with E-state index in [-0.39, 0.29) is 12.5 Å². The third-order valence-electron chi connectivity index (χ3n) is 4.85. The Morgan fingerprint density at radius 1 is 1.12 bits per heavy atom. The summed E-state index contributed by atoms with van der Waals surface area (Å²) in [4.78, 5) is 40.0. The number of hydrogen-bond donors (Lipinski definition) is 2. The average molecular weight is 507 g/mol. The van der Waals surface area contributed by atoms with Crippen molar-refractivity contribution >= 4 is 44.6 Å². The van der Waals surface area contributed by atoms with Gasteiger partial charge in [-0.25, -0.2) is 4.79 Å². The quantitative estimate of drug-likeness (QED) is 0.389. The first-order valence-corrected chi connectivity index (χ1v) is 10.8. The van der Waals surface area contributed by atoms with E-state index in [0.717, 1.165) is 14.7 Å². The number of hydrogen-bond acceptors (Lipinski definition) is 5. The number of rotatable bonds is 6. The van der Waals surface area contributed by atoms with Gasteiger partial charge in [-0.15, -0.1) is 4.68 Å². The second-order valence-corrected chi connectivity index (χ2v) is 8.09. The SMILES string of the molecule is Cc1ccccc1NC(=O)COc1ccc(Br)cc1C=Nn1c(=O)[nH]c2ccccc2c1=O. The lowest BCUT2D eigenvalue weighted by molar-refractivity contribution is -0.118. The molecule has 0 saturated carbocycles. The van der Waals surface area contributed by atoms with Gasteiger partial charge >= 0.3 is 5.69 Å². The highest BCUT2D eigenvalue weighted by molar-refractivity contribution is 9.10. The lowest BCUT2D eigenvalue weighted by Crippen LogP contribution is -2.32. The molecule has 0 spiro atoms. The predicted octanol–water partition coefficient (Wildman–Crippen LogP) is 3.66. The van der Waals surface area contributed by atoms with E-state index < -0.39 is 11.2 Å². The Morgan fingerprint density at radius 3 is 2.70 bits per heavy atom. The number of nitrogens with one attached hydrogen (secondary N) is 2. The normalized spacial score (nSPS) is 11.1. The summed E-state index contributed by atoms with van der Waals surface area (Å²) in [5.74, 6) is 0.0458. The highest BCUT2D eigenvalue weighted by Crippen LogP contribution is 2.22. The first-order chi connectivity index (χ1) is 15.9. The summed E-state index contributed by atoms with van der Waals surface area (Å²) in [7, 11) is 0. The molecule has 3 aromatic carbocycles. The second kappa shape index (κ2) is 9.66. The molecule has 0 bridgehead atoms. The maximum atomic E-state index is 12.7. The minimum Gasteiger partial charge on any atom is -0.483 e. The molecule has 0 atom stereocenters. The third kappa shape index (κ3) is 5.09. The molecule has 0 radical (unpaired) electrons. The van der Waals surface area contributed by atoms with Crippen LogP contribution in [-0.2, 0) is 4.79 Å².